The number of rotatable bonds is 2. The molecule has 0 N–H and O–H groups in total. The van der Waals surface area contributed by atoms with Crippen molar-refractivity contribution in [2.45, 2.75) is 17.9 Å². The highest BCUT2D eigenvalue weighted by molar-refractivity contribution is 9.09. The molecule has 4 heteroatoms. The predicted octanol–water partition coefficient (Wildman–Crippen LogP) is 4.33. The van der Waals surface area contributed by atoms with E-state index in [1.54, 1.807) is 11.3 Å². The van der Waals surface area contributed by atoms with Crippen LogP contribution in [0.2, 0.25) is 0 Å². The lowest BCUT2D eigenvalue weighted by atomic mass is 10.2. The summed E-state index contributed by atoms with van der Waals surface area (Å²) in [5, 5.41) is 0. The van der Waals surface area contributed by atoms with E-state index in [0.717, 1.165) is 11.5 Å². The third-order valence-electron chi connectivity index (χ3n) is 2.89. The summed E-state index contributed by atoms with van der Waals surface area (Å²) in [6.45, 7) is 2.69. The van der Waals surface area contributed by atoms with Crippen molar-refractivity contribution in [1.29, 1.82) is 0 Å². The van der Waals surface area contributed by atoms with Gasteiger partial charge in [0.2, 0.25) is 0 Å². The maximum Gasteiger partial charge on any atom is 0.161 e. The minimum Gasteiger partial charge on any atom is -0.486 e. The number of alkyl halides is 1. The second-order valence-corrected chi connectivity index (χ2v) is 6.57. The van der Waals surface area contributed by atoms with E-state index < -0.39 is 0 Å². The lowest BCUT2D eigenvalue weighted by molar-refractivity contribution is 0.0910. The van der Waals surface area contributed by atoms with Gasteiger partial charge in [-0.25, -0.2) is 0 Å². The molecule has 1 aromatic carbocycles. The molecule has 0 fully saturated rings. The molecule has 0 amide bonds. The lowest BCUT2D eigenvalue weighted by Crippen LogP contribution is -2.32. The number of fused-ring (bicyclic) bond motifs is 1. The molecule has 2 nitrogen and oxygen atoms in total. The first-order valence-corrected chi connectivity index (χ1v) is 7.56. The Kier molecular flexibility index (Phi) is 3.31. The van der Waals surface area contributed by atoms with E-state index in [1.165, 1.54) is 9.75 Å². The summed E-state index contributed by atoms with van der Waals surface area (Å²) in [4.78, 5) is 2.76. The molecule has 3 rings (SSSR count). The van der Waals surface area contributed by atoms with Crippen LogP contribution in [0.5, 0.6) is 11.5 Å². The van der Waals surface area contributed by atoms with E-state index in [9.17, 15) is 0 Å². The Labute approximate surface area is 119 Å². The van der Waals surface area contributed by atoms with Gasteiger partial charge in [-0.05, 0) is 31.2 Å². The average molecular weight is 325 g/mol. The number of hydrogen-bond acceptors (Lipinski definition) is 3. The van der Waals surface area contributed by atoms with Gasteiger partial charge in [-0.1, -0.05) is 28.1 Å². The van der Waals surface area contributed by atoms with Gasteiger partial charge in [-0.3, -0.25) is 0 Å². The summed E-state index contributed by atoms with van der Waals surface area (Å²) >= 11 is 5.51. The van der Waals surface area contributed by atoms with Crippen molar-refractivity contribution in [3.63, 3.8) is 0 Å². The molecule has 2 heterocycles. The van der Waals surface area contributed by atoms with Crippen LogP contribution in [0.3, 0.4) is 0 Å². The van der Waals surface area contributed by atoms with E-state index in [-0.39, 0.29) is 10.9 Å². The number of benzene rings is 1. The van der Waals surface area contributed by atoms with Crippen LogP contribution in [-0.2, 0) is 0 Å². The minimum absolute atomic E-state index is 0.0120. The van der Waals surface area contributed by atoms with E-state index in [0.29, 0.717) is 6.61 Å². The van der Waals surface area contributed by atoms with Crippen LogP contribution in [-0.4, -0.2) is 12.7 Å². The number of hydrogen-bond donors (Lipinski definition) is 0. The first-order chi connectivity index (χ1) is 8.74. The minimum atomic E-state index is 0.0120. The van der Waals surface area contributed by atoms with Crippen LogP contribution in [0, 0.1) is 6.92 Å². The number of halogens is 1. The van der Waals surface area contributed by atoms with Gasteiger partial charge < -0.3 is 9.47 Å². The summed E-state index contributed by atoms with van der Waals surface area (Å²) in [6, 6.07) is 12.1. The second-order valence-electron chi connectivity index (χ2n) is 4.26. The molecule has 0 aliphatic carbocycles. The molecule has 1 aliphatic heterocycles. The second kappa shape index (κ2) is 4.94. The summed E-state index contributed by atoms with van der Waals surface area (Å²) in [5.41, 5.74) is 0. The van der Waals surface area contributed by atoms with Gasteiger partial charge in [0, 0.05) is 9.75 Å². The molecule has 0 radical (unpaired) electrons. The molecule has 0 saturated heterocycles. The first kappa shape index (κ1) is 12.1. The topological polar surface area (TPSA) is 18.5 Å². The van der Waals surface area contributed by atoms with Gasteiger partial charge in [0.15, 0.2) is 17.6 Å². The maximum atomic E-state index is 5.99. The molecule has 18 heavy (non-hydrogen) atoms. The third kappa shape index (κ3) is 2.27. The SMILES string of the molecule is Cc1ccc(C(Br)C2COc3ccccc3O2)s1. The Balaban J connectivity index is 1.79. The number of thiophene rings is 1. The summed E-state index contributed by atoms with van der Waals surface area (Å²) in [6.07, 6.45) is 0.0120. The molecule has 1 aromatic heterocycles. The van der Waals surface area contributed by atoms with Crippen molar-refractivity contribution in [2.75, 3.05) is 6.61 Å². The average Bonchev–Trinajstić information content (AvgIpc) is 2.84. The zero-order chi connectivity index (χ0) is 12.5. The molecular formula is C14H13BrO2S. The molecule has 2 unspecified atom stereocenters. The van der Waals surface area contributed by atoms with E-state index in [2.05, 4.69) is 35.0 Å². The van der Waals surface area contributed by atoms with Crippen molar-refractivity contribution in [3.05, 3.63) is 46.2 Å². The molecule has 94 valence electrons. The standard InChI is InChI=1S/C14H13BrO2S/c1-9-6-7-13(18-9)14(15)12-8-16-10-4-2-3-5-11(10)17-12/h2-7,12,14H,8H2,1H3. The Hall–Kier alpha value is -1.00. The monoisotopic (exact) mass is 324 g/mol. The highest BCUT2D eigenvalue weighted by Crippen LogP contribution is 2.39. The molecule has 2 atom stereocenters. The van der Waals surface area contributed by atoms with Gasteiger partial charge in [0.1, 0.15) is 6.61 Å². The van der Waals surface area contributed by atoms with Gasteiger partial charge >= 0.3 is 0 Å². The molecule has 0 spiro atoms. The van der Waals surface area contributed by atoms with E-state index in [4.69, 9.17) is 9.47 Å². The number of aryl methyl sites for hydroxylation is 1. The van der Waals surface area contributed by atoms with Crippen molar-refractivity contribution in [1.82, 2.24) is 0 Å². The third-order valence-corrected chi connectivity index (χ3v) is 5.36. The zero-order valence-electron chi connectivity index (χ0n) is 9.93. The molecule has 2 aromatic rings. The fourth-order valence-electron chi connectivity index (χ4n) is 1.96. The van der Waals surface area contributed by atoms with Crippen LogP contribution in [0.15, 0.2) is 36.4 Å². The fraction of sp³-hybridized carbons (Fsp3) is 0.286. The fourth-order valence-corrected chi connectivity index (χ4v) is 3.57. The Morgan fingerprint density at radius 1 is 1.22 bits per heavy atom. The van der Waals surface area contributed by atoms with Gasteiger partial charge in [0.05, 0.1) is 4.83 Å². The Bertz CT molecular complexity index is 552. The van der Waals surface area contributed by atoms with Crippen molar-refractivity contribution >= 4 is 27.3 Å². The normalized spacial score (nSPS) is 19.6. The van der Waals surface area contributed by atoms with Crippen LogP contribution in [0.4, 0.5) is 0 Å². The zero-order valence-corrected chi connectivity index (χ0v) is 12.3. The Morgan fingerprint density at radius 3 is 2.72 bits per heavy atom. The van der Waals surface area contributed by atoms with Crippen molar-refractivity contribution in [3.8, 4) is 11.5 Å². The van der Waals surface area contributed by atoms with Crippen molar-refractivity contribution < 1.29 is 9.47 Å². The molecule has 1 aliphatic rings. The Morgan fingerprint density at radius 2 is 2.00 bits per heavy atom. The predicted molar refractivity (Wildman–Crippen MR) is 77.1 cm³/mol. The quantitative estimate of drug-likeness (QED) is 0.765. The van der Waals surface area contributed by atoms with Gasteiger partial charge in [-0.15, -0.1) is 11.3 Å². The molecular weight excluding hydrogens is 312 g/mol. The smallest absolute Gasteiger partial charge is 0.161 e. The van der Waals surface area contributed by atoms with Gasteiger partial charge in [0.25, 0.3) is 0 Å². The number of ether oxygens (including phenoxy) is 2. The molecule has 0 bridgehead atoms. The van der Waals surface area contributed by atoms with Crippen LogP contribution < -0.4 is 9.47 Å². The summed E-state index contributed by atoms with van der Waals surface area (Å²) in [5.74, 6) is 1.65. The largest absolute Gasteiger partial charge is 0.486 e. The maximum absolute atomic E-state index is 5.99. The number of para-hydroxylation sites is 2. The van der Waals surface area contributed by atoms with Crippen molar-refractivity contribution in [2.24, 2.45) is 0 Å². The highest BCUT2D eigenvalue weighted by atomic mass is 79.9. The molecule has 0 saturated carbocycles. The summed E-state index contributed by atoms with van der Waals surface area (Å²) < 4.78 is 11.7. The van der Waals surface area contributed by atoms with E-state index in [1.807, 2.05) is 24.3 Å². The van der Waals surface area contributed by atoms with Crippen LogP contribution in [0.1, 0.15) is 14.6 Å². The first-order valence-electron chi connectivity index (χ1n) is 5.83. The lowest BCUT2D eigenvalue weighted by Gasteiger charge is -2.29. The summed E-state index contributed by atoms with van der Waals surface area (Å²) in [7, 11) is 0. The van der Waals surface area contributed by atoms with Crippen LogP contribution >= 0.6 is 27.3 Å². The van der Waals surface area contributed by atoms with Gasteiger partial charge in [-0.2, -0.15) is 0 Å². The van der Waals surface area contributed by atoms with Crippen LogP contribution in [0.25, 0.3) is 0 Å². The van der Waals surface area contributed by atoms with E-state index >= 15 is 0 Å². The highest BCUT2D eigenvalue weighted by Gasteiger charge is 2.29.